The zero-order valence-corrected chi connectivity index (χ0v) is 7.09. The van der Waals surface area contributed by atoms with Gasteiger partial charge in [-0.15, -0.1) is 11.3 Å². The molecule has 0 aliphatic carbocycles. The molecule has 1 rings (SSSR count). The molecule has 6 heteroatoms. The summed E-state index contributed by atoms with van der Waals surface area (Å²) in [5.74, 6) is -0.852. The summed E-state index contributed by atoms with van der Waals surface area (Å²) in [6.45, 7) is 1.76. The average molecular weight is 184 g/mol. The van der Waals surface area contributed by atoms with Crippen molar-refractivity contribution >= 4 is 23.0 Å². The van der Waals surface area contributed by atoms with Gasteiger partial charge in [0, 0.05) is 5.38 Å². The molecule has 1 aromatic heterocycles. The Morgan fingerprint density at radius 3 is 2.83 bits per heavy atom. The number of hydrogen-bond acceptors (Lipinski definition) is 5. The maximum absolute atomic E-state index is 10.6. The summed E-state index contributed by atoms with van der Waals surface area (Å²) in [5, 5.41) is 15.0. The highest BCUT2D eigenvalue weighted by Crippen LogP contribution is 2.08. The Kier molecular flexibility index (Phi) is 2.39. The van der Waals surface area contributed by atoms with E-state index in [-0.39, 0.29) is 11.4 Å². The van der Waals surface area contributed by atoms with Gasteiger partial charge in [-0.2, -0.15) is 0 Å². The number of carbonyl (C=O) groups excluding carboxylic acids is 1. The number of thiazole rings is 1. The van der Waals surface area contributed by atoms with Gasteiger partial charge in [-0.1, -0.05) is 0 Å². The molecular weight excluding hydrogens is 178 g/mol. The Bertz CT molecular complexity index is 331. The highest BCUT2D eigenvalue weighted by atomic mass is 32.1. The number of aromatic nitrogens is 1. The Balaban J connectivity index is 3.04. The van der Waals surface area contributed by atoms with Crippen LogP contribution in [0.1, 0.15) is 10.7 Å². The molecule has 0 radical (unpaired) electrons. The fraction of sp³-hybridized carbons (Fsp3) is 0.167. The van der Waals surface area contributed by atoms with Crippen LogP contribution in [-0.2, 0) is 4.79 Å². The lowest BCUT2D eigenvalue weighted by Crippen LogP contribution is -2.24. The van der Waals surface area contributed by atoms with Crippen LogP contribution in [0.5, 0.6) is 0 Å². The summed E-state index contributed by atoms with van der Waals surface area (Å²) in [4.78, 5) is 14.5. The van der Waals surface area contributed by atoms with Crippen LogP contribution >= 0.6 is 11.3 Å². The van der Waals surface area contributed by atoms with E-state index in [4.69, 9.17) is 5.73 Å². The molecule has 64 valence electrons. The van der Waals surface area contributed by atoms with E-state index >= 15 is 0 Å². The molecule has 12 heavy (non-hydrogen) atoms. The average Bonchev–Trinajstić information content (AvgIpc) is 2.37. The first-order valence-corrected chi connectivity index (χ1v) is 3.95. The molecule has 0 saturated carbocycles. The molecule has 1 aromatic rings. The van der Waals surface area contributed by atoms with E-state index < -0.39 is 5.91 Å². The van der Waals surface area contributed by atoms with Gasteiger partial charge in [0.05, 0.1) is 5.01 Å². The quantitative estimate of drug-likeness (QED) is 0.526. The summed E-state index contributed by atoms with van der Waals surface area (Å²) in [7, 11) is 0. The van der Waals surface area contributed by atoms with Crippen molar-refractivity contribution in [3.05, 3.63) is 21.3 Å². The zero-order valence-electron chi connectivity index (χ0n) is 6.27. The van der Waals surface area contributed by atoms with Gasteiger partial charge in [-0.05, 0) is 6.92 Å². The lowest BCUT2D eigenvalue weighted by molar-refractivity contribution is -0.111. The van der Waals surface area contributed by atoms with Crippen LogP contribution in [0, 0.1) is 12.1 Å². The second kappa shape index (κ2) is 3.31. The third kappa shape index (κ3) is 1.59. The second-order valence-corrected chi connectivity index (χ2v) is 3.12. The molecular formula is C6H6N3O2S-. The van der Waals surface area contributed by atoms with Crippen molar-refractivity contribution in [2.24, 2.45) is 10.9 Å². The van der Waals surface area contributed by atoms with Crippen LogP contribution in [-0.4, -0.2) is 16.6 Å². The molecule has 0 bridgehead atoms. The van der Waals surface area contributed by atoms with Crippen molar-refractivity contribution in [3.63, 3.8) is 0 Å². The zero-order chi connectivity index (χ0) is 9.14. The summed E-state index contributed by atoms with van der Waals surface area (Å²) >= 11 is 1.33. The highest BCUT2D eigenvalue weighted by Gasteiger charge is 2.10. The molecule has 0 fully saturated rings. The highest BCUT2D eigenvalue weighted by molar-refractivity contribution is 7.09. The van der Waals surface area contributed by atoms with Gasteiger partial charge in [0.1, 0.15) is 11.4 Å². The number of nitrogens with zero attached hydrogens (tertiary/aromatic N) is 2. The Morgan fingerprint density at radius 2 is 2.50 bits per heavy atom. The van der Waals surface area contributed by atoms with Crippen molar-refractivity contribution in [2.45, 2.75) is 6.92 Å². The fourth-order valence-electron chi connectivity index (χ4n) is 0.690. The van der Waals surface area contributed by atoms with Crippen molar-refractivity contribution in [2.75, 3.05) is 0 Å². The predicted octanol–water partition coefficient (Wildman–Crippen LogP) is 0.224. The van der Waals surface area contributed by atoms with E-state index in [9.17, 15) is 10.0 Å². The molecule has 1 heterocycles. The minimum atomic E-state index is -0.852. The van der Waals surface area contributed by atoms with Gasteiger partial charge in [-0.3, -0.25) is 4.79 Å². The van der Waals surface area contributed by atoms with Crippen molar-refractivity contribution < 1.29 is 4.79 Å². The molecule has 0 aromatic carbocycles. The topological polar surface area (TPSA) is 91.4 Å². The standard InChI is InChI=1S/C6H7N3O2S/c1-3-8-4(2-12-3)5(9-11)6(7)10/h2,11H,1H3,(H2,7,10)/p-1. The SMILES string of the molecule is Cc1nc(C(=N[O-])C(N)=O)cs1. The summed E-state index contributed by atoms with van der Waals surface area (Å²) in [6, 6.07) is 0. The Labute approximate surface area is 72.5 Å². The molecule has 0 aliphatic heterocycles. The molecule has 0 atom stereocenters. The molecule has 0 saturated heterocycles. The van der Waals surface area contributed by atoms with Crippen LogP contribution in [0.4, 0.5) is 0 Å². The second-order valence-electron chi connectivity index (χ2n) is 2.06. The van der Waals surface area contributed by atoms with Crippen molar-refractivity contribution in [1.29, 1.82) is 0 Å². The normalized spacial score (nSPS) is 11.6. The number of aryl methyl sites for hydroxylation is 1. The molecule has 0 spiro atoms. The lowest BCUT2D eigenvalue weighted by Gasteiger charge is -1.99. The third-order valence-electron chi connectivity index (χ3n) is 1.19. The van der Waals surface area contributed by atoms with Gasteiger partial charge in [0.2, 0.25) is 0 Å². The third-order valence-corrected chi connectivity index (χ3v) is 1.96. The van der Waals surface area contributed by atoms with Gasteiger partial charge in [-0.25, -0.2) is 4.98 Å². The molecule has 0 aliphatic rings. The predicted molar refractivity (Wildman–Crippen MR) is 45.9 cm³/mol. The van der Waals surface area contributed by atoms with E-state index in [0.29, 0.717) is 0 Å². The van der Waals surface area contributed by atoms with Crippen LogP contribution in [0.25, 0.3) is 0 Å². The number of rotatable bonds is 2. The maximum atomic E-state index is 10.6. The van der Waals surface area contributed by atoms with E-state index in [1.54, 1.807) is 12.3 Å². The van der Waals surface area contributed by atoms with Crippen molar-refractivity contribution in [1.82, 2.24) is 4.98 Å². The monoisotopic (exact) mass is 184 g/mol. The summed E-state index contributed by atoms with van der Waals surface area (Å²) < 4.78 is 0. The van der Waals surface area contributed by atoms with E-state index in [1.807, 2.05) is 0 Å². The number of nitrogens with two attached hydrogens (primary N) is 1. The lowest BCUT2D eigenvalue weighted by atomic mass is 10.3. The maximum Gasteiger partial charge on any atom is 0.268 e. The first kappa shape index (κ1) is 8.66. The van der Waals surface area contributed by atoms with Gasteiger partial charge in [0.15, 0.2) is 0 Å². The Morgan fingerprint density at radius 1 is 1.83 bits per heavy atom. The largest absolute Gasteiger partial charge is 0.791 e. The van der Waals surface area contributed by atoms with E-state index in [1.165, 1.54) is 11.3 Å². The smallest absolute Gasteiger partial charge is 0.268 e. The summed E-state index contributed by atoms with van der Waals surface area (Å²) in [6.07, 6.45) is 0. The number of hydrogen-bond donors (Lipinski definition) is 1. The van der Waals surface area contributed by atoms with Crippen LogP contribution in [0.3, 0.4) is 0 Å². The van der Waals surface area contributed by atoms with Gasteiger partial charge in [0.25, 0.3) is 5.91 Å². The minimum absolute atomic E-state index is 0.250. The fourth-order valence-corrected chi connectivity index (χ4v) is 1.29. The number of carbonyl (C=O) groups is 1. The van der Waals surface area contributed by atoms with Crippen LogP contribution in [0.15, 0.2) is 10.5 Å². The van der Waals surface area contributed by atoms with E-state index in [2.05, 4.69) is 10.1 Å². The summed E-state index contributed by atoms with van der Waals surface area (Å²) in [5.41, 5.74) is 4.81. The molecule has 2 N–H and O–H groups in total. The first-order valence-electron chi connectivity index (χ1n) is 3.07. The van der Waals surface area contributed by atoms with Gasteiger partial charge >= 0.3 is 0 Å². The molecule has 1 amide bonds. The van der Waals surface area contributed by atoms with Crippen molar-refractivity contribution in [3.8, 4) is 0 Å². The molecule has 0 unspecified atom stereocenters. The van der Waals surface area contributed by atoms with Crippen LogP contribution in [0.2, 0.25) is 0 Å². The van der Waals surface area contributed by atoms with Gasteiger partial charge < -0.3 is 16.1 Å². The van der Waals surface area contributed by atoms with E-state index in [0.717, 1.165) is 5.01 Å². The molecule has 5 nitrogen and oxygen atoms in total. The first-order chi connectivity index (χ1) is 5.65. The number of primary amides is 1. The minimum Gasteiger partial charge on any atom is -0.791 e. The van der Waals surface area contributed by atoms with Crippen LogP contribution < -0.4 is 5.73 Å². The Hall–Kier alpha value is -1.43. The number of amides is 1.